The largest absolute Gasteiger partial charge is 0.573 e. The molecule has 0 aromatic heterocycles. The number of alkyl halides is 3. The number of carbonyl (C=O) groups excluding carboxylic acids is 1. The highest BCUT2D eigenvalue weighted by atomic mass is 32.2. The Hall–Kier alpha value is -2.34. The molecule has 1 heterocycles. The molecule has 12 heteroatoms. The van der Waals surface area contributed by atoms with Gasteiger partial charge < -0.3 is 14.7 Å². The van der Waals surface area contributed by atoms with Crippen molar-refractivity contribution in [1.29, 1.82) is 0 Å². The SMILES string of the molecule is CC(=O)N1CCN(S(=O)(=O)c2ccc(OC(F)(F)F)cc2)[C@@H](C(=O)O)C1. The van der Waals surface area contributed by atoms with Crippen molar-refractivity contribution in [3.05, 3.63) is 24.3 Å². The summed E-state index contributed by atoms with van der Waals surface area (Å²) in [4.78, 5) is 23.7. The average Bonchev–Trinajstić information content (AvgIpc) is 2.53. The minimum Gasteiger partial charge on any atom is -0.480 e. The van der Waals surface area contributed by atoms with Crippen molar-refractivity contribution in [2.24, 2.45) is 0 Å². The van der Waals surface area contributed by atoms with Crippen molar-refractivity contribution < 1.29 is 41.0 Å². The van der Waals surface area contributed by atoms with Crippen molar-refractivity contribution in [3.8, 4) is 5.75 Å². The molecular formula is C14H15F3N2O6S. The zero-order valence-corrected chi connectivity index (χ0v) is 14.2. The van der Waals surface area contributed by atoms with Crippen LogP contribution in [0.1, 0.15) is 6.92 Å². The number of rotatable bonds is 4. The molecule has 144 valence electrons. The second kappa shape index (κ2) is 7.11. The van der Waals surface area contributed by atoms with E-state index in [4.69, 9.17) is 0 Å². The van der Waals surface area contributed by atoms with Gasteiger partial charge in [-0.05, 0) is 24.3 Å². The van der Waals surface area contributed by atoms with Gasteiger partial charge in [-0.1, -0.05) is 0 Å². The summed E-state index contributed by atoms with van der Waals surface area (Å²) in [6.07, 6.45) is -4.92. The lowest BCUT2D eigenvalue weighted by Gasteiger charge is -2.37. The first-order valence-electron chi connectivity index (χ1n) is 7.28. The lowest BCUT2D eigenvalue weighted by Crippen LogP contribution is -2.58. The molecule has 1 aliphatic heterocycles. The second-order valence-corrected chi connectivity index (χ2v) is 7.34. The summed E-state index contributed by atoms with van der Waals surface area (Å²) in [5.41, 5.74) is 0. The van der Waals surface area contributed by atoms with Crippen LogP contribution in [0.3, 0.4) is 0 Å². The van der Waals surface area contributed by atoms with Crippen LogP contribution in [-0.2, 0) is 19.6 Å². The first-order chi connectivity index (χ1) is 11.9. The molecule has 8 nitrogen and oxygen atoms in total. The summed E-state index contributed by atoms with van der Waals surface area (Å²) in [5, 5.41) is 9.30. The Kier molecular flexibility index (Phi) is 5.47. The van der Waals surface area contributed by atoms with Gasteiger partial charge in [-0.15, -0.1) is 13.2 Å². The molecule has 0 spiro atoms. The van der Waals surface area contributed by atoms with Crippen LogP contribution < -0.4 is 4.74 Å². The first-order valence-corrected chi connectivity index (χ1v) is 8.72. The highest BCUT2D eigenvalue weighted by Crippen LogP contribution is 2.26. The van der Waals surface area contributed by atoms with Crippen LogP contribution in [0.2, 0.25) is 0 Å². The number of amides is 1. The Morgan fingerprint density at radius 1 is 1.19 bits per heavy atom. The van der Waals surface area contributed by atoms with E-state index in [1.807, 2.05) is 0 Å². The minimum absolute atomic E-state index is 0.00755. The maximum Gasteiger partial charge on any atom is 0.573 e. The summed E-state index contributed by atoms with van der Waals surface area (Å²) in [5.74, 6) is -2.42. The van der Waals surface area contributed by atoms with Gasteiger partial charge in [0, 0.05) is 26.6 Å². The van der Waals surface area contributed by atoms with Crippen LogP contribution in [0.4, 0.5) is 13.2 Å². The van der Waals surface area contributed by atoms with Gasteiger partial charge in [0.25, 0.3) is 0 Å². The fourth-order valence-corrected chi connectivity index (χ4v) is 4.05. The summed E-state index contributed by atoms with van der Waals surface area (Å²) >= 11 is 0. The number of carboxylic acid groups (broad SMARTS) is 1. The first kappa shape index (κ1) is 20.0. The van der Waals surface area contributed by atoms with Crippen molar-refractivity contribution in [1.82, 2.24) is 9.21 Å². The number of ether oxygens (including phenoxy) is 1. The molecule has 0 aliphatic carbocycles. The van der Waals surface area contributed by atoms with Gasteiger partial charge in [0.15, 0.2) is 0 Å². The Bertz CT molecular complexity index is 794. The Morgan fingerprint density at radius 3 is 2.23 bits per heavy atom. The van der Waals surface area contributed by atoms with E-state index < -0.39 is 34.1 Å². The van der Waals surface area contributed by atoms with Gasteiger partial charge in [0.05, 0.1) is 4.90 Å². The number of aliphatic carboxylic acids is 1. The molecule has 1 N–H and O–H groups in total. The van der Waals surface area contributed by atoms with Gasteiger partial charge in [-0.3, -0.25) is 9.59 Å². The average molecular weight is 396 g/mol. The topological polar surface area (TPSA) is 104 Å². The number of benzene rings is 1. The van der Waals surface area contributed by atoms with E-state index in [0.29, 0.717) is 4.31 Å². The van der Waals surface area contributed by atoms with Crippen LogP contribution in [0.15, 0.2) is 29.2 Å². The molecule has 2 rings (SSSR count). The van der Waals surface area contributed by atoms with Crippen molar-refractivity contribution >= 4 is 21.9 Å². The quantitative estimate of drug-likeness (QED) is 0.811. The molecule has 1 saturated heterocycles. The van der Waals surface area contributed by atoms with Gasteiger partial charge in [0.1, 0.15) is 11.8 Å². The van der Waals surface area contributed by atoms with Crippen molar-refractivity contribution in [2.75, 3.05) is 19.6 Å². The molecule has 26 heavy (non-hydrogen) atoms. The second-order valence-electron chi connectivity index (χ2n) is 5.45. The van der Waals surface area contributed by atoms with E-state index >= 15 is 0 Å². The van der Waals surface area contributed by atoms with Gasteiger partial charge in [0.2, 0.25) is 15.9 Å². The van der Waals surface area contributed by atoms with Crippen LogP contribution in [0, 0.1) is 0 Å². The Labute approximate surface area is 146 Å². The number of hydrogen-bond donors (Lipinski definition) is 1. The van der Waals surface area contributed by atoms with Gasteiger partial charge >= 0.3 is 12.3 Å². The molecule has 0 saturated carbocycles. The number of nitrogens with zero attached hydrogens (tertiary/aromatic N) is 2. The third-order valence-electron chi connectivity index (χ3n) is 3.73. The number of hydrogen-bond acceptors (Lipinski definition) is 5. The summed E-state index contributed by atoms with van der Waals surface area (Å²) in [6.45, 7) is 0.676. The summed E-state index contributed by atoms with van der Waals surface area (Å²) < 4.78 is 66.2. The number of halogens is 3. The number of carboxylic acids is 1. The van der Waals surface area contributed by atoms with Gasteiger partial charge in [-0.2, -0.15) is 4.31 Å². The number of carbonyl (C=O) groups is 2. The smallest absolute Gasteiger partial charge is 0.480 e. The zero-order valence-electron chi connectivity index (χ0n) is 13.4. The van der Waals surface area contributed by atoms with E-state index in [1.165, 1.54) is 11.8 Å². The fraction of sp³-hybridized carbons (Fsp3) is 0.429. The lowest BCUT2D eigenvalue weighted by molar-refractivity contribution is -0.274. The molecule has 1 aromatic rings. The molecule has 1 aromatic carbocycles. The standard InChI is InChI=1S/C14H15F3N2O6S/c1-9(20)18-6-7-19(12(8-18)13(21)22)26(23,24)11-4-2-10(3-5-11)25-14(15,16)17/h2-5,12H,6-8H2,1H3,(H,21,22)/t12-/m1/s1. The van der Waals surface area contributed by atoms with Crippen LogP contribution in [0.5, 0.6) is 5.75 Å². The summed E-state index contributed by atoms with van der Waals surface area (Å²) in [6, 6.07) is 1.94. The van der Waals surface area contributed by atoms with Gasteiger partial charge in [-0.25, -0.2) is 8.42 Å². The van der Waals surface area contributed by atoms with E-state index in [9.17, 15) is 36.3 Å². The summed E-state index contributed by atoms with van der Waals surface area (Å²) in [7, 11) is -4.29. The molecule has 0 unspecified atom stereocenters. The maximum absolute atomic E-state index is 12.7. The molecule has 1 amide bonds. The number of sulfonamides is 1. The minimum atomic E-state index is -4.92. The molecule has 1 aliphatic rings. The van der Waals surface area contributed by atoms with Crippen molar-refractivity contribution in [2.45, 2.75) is 24.2 Å². The molecule has 1 fully saturated rings. The third-order valence-corrected chi connectivity index (χ3v) is 5.65. The maximum atomic E-state index is 12.7. The third kappa shape index (κ3) is 4.43. The molecule has 0 radical (unpaired) electrons. The van der Waals surface area contributed by atoms with Crippen LogP contribution in [0.25, 0.3) is 0 Å². The normalized spacial score (nSPS) is 19.2. The highest BCUT2D eigenvalue weighted by Gasteiger charge is 2.41. The predicted molar refractivity (Wildman–Crippen MR) is 80.7 cm³/mol. The monoisotopic (exact) mass is 396 g/mol. The van der Waals surface area contributed by atoms with E-state index in [-0.39, 0.29) is 30.4 Å². The van der Waals surface area contributed by atoms with Crippen LogP contribution >= 0.6 is 0 Å². The molecular weight excluding hydrogens is 381 g/mol. The predicted octanol–water partition coefficient (Wildman–Crippen LogP) is 0.891. The van der Waals surface area contributed by atoms with Crippen molar-refractivity contribution in [3.63, 3.8) is 0 Å². The fourth-order valence-electron chi connectivity index (χ4n) is 2.49. The lowest BCUT2D eigenvalue weighted by atomic mass is 10.2. The number of piperazine rings is 1. The Morgan fingerprint density at radius 2 is 1.77 bits per heavy atom. The van der Waals surface area contributed by atoms with Crippen LogP contribution in [-0.4, -0.2) is 66.6 Å². The zero-order chi connectivity index (χ0) is 19.7. The van der Waals surface area contributed by atoms with E-state index in [1.54, 1.807) is 0 Å². The van der Waals surface area contributed by atoms with E-state index in [2.05, 4.69) is 4.74 Å². The molecule has 1 atom stereocenters. The highest BCUT2D eigenvalue weighted by molar-refractivity contribution is 7.89. The Balaban J connectivity index is 2.28. The molecule has 0 bridgehead atoms. The van der Waals surface area contributed by atoms with E-state index in [0.717, 1.165) is 24.3 Å².